The highest BCUT2D eigenvalue weighted by Gasteiger charge is 2.53. The van der Waals surface area contributed by atoms with Gasteiger partial charge in [0, 0.05) is 11.5 Å². The fourth-order valence-corrected chi connectivity index (χ4v) is 5.49. The molecule has 1 unspecified atom stereocenters. The molecular weight excluding hydrogens is 402 g/mol. The number of thioether (sulfide) groups is 2. The Kier molecular flexibility index (Phi) is 6.93. The van der Waals surface area contributed by atoms with Gasteiger partial charge < -0.3 is 10.4 Å². The second-order valence-electron chi connectivity index (χ2n) is 6.37. The molecule has 0 aliphatic carbocycles. The van der Waals surface area contributed by atoms with E-state index in [4.69, 9.17) is 5.26 Å². The Bertz CT molecular complexity index is 819. The van der Waals surface area contributed by atoms with E-state index in [2.05, 4.69) is 27.8 Å². The van der Waals surface area contributed by atoms with Crippen LogP contribution in [0.5, 0.6) is 0 Å². The van der Waals surface area contributed by atoms with Crippen LogP contribution < -0.4 is 5.32 Å². The summed E-state index contributed by atoms with van der Waals surface area (Å²) in [6, 6.07) is 1.64. The van der Waals surface area contributed by atoms with Gasteiger partial charge in [-0.1, -0.05) is 31.5 Å². The molecular formula is C16H21N7O3S2. The van der Waals surface area contributed by atoms with Crippen molar-refractivity contribution in [2.24, 2.45) is 0 Å². The number of β-lactam (4-membered cyclic amide) rings is 1. The number of unbranched alkanes of at least 4 members (excludes halogenated alkanes) is 2. The maximum atomic E-state index is 12.6. The summed E-state index contributed by atoms with van der Waals surface area (Å²) in [4.78, 5) is 25.8. The molecule has 2 N–H and O–H groups in total. The summed E-state index contributed by atoms with van der Waals surface area (Å²) in [6.07, 6.45) is 3.20. The van der Waals surface area contributed by atoms with Crippen LogP contribution in [0.2, 0.25) is 0 Å². The van der Waals surface area contributed by atoms with Gasteiger partial charge in [0.1, 0.15) is 23.7 Å². The third-order valence-electron chi connectivity index (χ3n) is 4.49. The standard InChI is InChI=1S/C16H21N7O3S2/c1-2-3-4-6-18-11-13(24)23-12(15(25)26)10(8-27-14(11)23)9-28-16-19-20-21-22(16)7-5-17/h11,14,18H,2-4,6-9H2,1H3,(H,25,26)/t11?,14-/m0/s1. The Balaban J connectivity index is 1.68. The lowest BCUT2D eigenvalue weighted by atomic mass is 10.0. The molecule has 0 aromatic carbocycles. The zero-order valence-electron chi connectivity index (χ0n) is 15.4. The lowest BCUT2D eigenvalue weighted by Gasteiger charge is -2.49. The summed E-state index contributed by atoms with van der Waals surface area (Å²) < 4.78 is 1.36. The van der Waals surface area contributed by atoms with Crippen molar-refractivity contribution in [3.63, 3.8) is 0 Å². The normalized spacial score (nSPS) is 21.3. The number of aromatic nitrogens is 4. The molecule has 0 radical (unpaired) electrons. The van der Waals surface area contributed by atoms with Gasteiger partial charge in [-0.3, -0.25) is 9.69 Å². The van der Waals surface area contributed by atoms with Gasteiger partial charge in [-0.05, 0) is 29.0 Å². The number of nitrogens with one attached hydrogen (secondary N) is 1. The fraction of sp³-hybridized carbons (Fsp3) is 0.625. The Hall–Kier alpha value is -2.10. The Morgan fingerprint density at radius 2 is 2.32 bits per heavy atom. The quantitative estimate of drug-likeness (QED) is 0.314. The van der Waals surface area contributed by atoms with Crippen molar-refractivity contribution in [2.45, 2.75) is 49.3 Å². The number of hydrogen-bond acceptors (Lipinski definition) is 9. The summed E-state index contributed by atoms with van der Waals surface area (Å²) in [7, 11) is 0. The van der Waals surface area contributed by atoms with E-state index in [1.54, 1.807) is 11.8 Å². The van der Waals surface area contributed by atoms with Gasteiger partial charge in [-0.25, -0.2) is 9.48 Å². The molecule has 0 bridgehead atoms. The molecule has 150 valence electrons. The largest absolute Gasteiger partial charge is 0.477 e. The van der Waals surface area contributed by atoms with Crippen molar-refractivity contribution < 1.29 is 14.7 Å². The van der Waals surface area contributed by atoms with Crippen molar-refractivity contribution in [2.75, 3.05) is 18.1 Å². The highest BCUT2D eigenvalue weighted by Crippen LogP contribution is 2.41. The average molecular weight is 424 g/mol. The molecule has 3 rings (SSSR count). The first-order chi connectivity index (χ1) is 13.6. The summed E-state index contributed by atoms with van der Waals surface area (Å²) >= 11 is 2.82. The molecule has 1 aromatic rings. The number of nitrogens with zero attached hydrogens (tertiary/aromatic N) is 6. The number of carboxylic acid groups (broad SMARTS) is 1. The number of rotatable bonds is 10. The summed E-state index contributed by atoms with van der Waals surface area (Å²) in [5, 5.41) is 33.1. The van der Waals surface area contributed by atoms with E-state index in [0.717, 1.165) is 25.8 Å². The number of hydrogen-bond donors (Lipinski definition) is 2. The third-order valence-corrected chi connectivity index (χ3v) is 6.87. The van der Waals surface area contributed by atoms with Gasteiger partial charge in [0.15, 0.2) is 0 Å². The number of amides is 1. The van der Waals surface area contributed by atoms with Crippen molar-refractivity contribution in [3.8, 4) is 6.07 Å². The number of fused-ring (bicyclic) bond motifs is 1. The molecule has 1 fully saturated rings. The van der Waals surface area contributed by atoms with Crippen LogP contribution in [0.1, 0.15) is 26.2 Å². The molecule has 12 heteroatoms. The molecule has 1 amide bonds. The molecule has 2 aliphatic heterocycles. The van der Waals surface area contributed by atoms with Gasteiger partial charge in [0.05, 0.1) is 6.07 Å². The Labute approximate surface area is 170 Å². The maximum absolute atomic E-state index is 12.6. The van der Waals surface area contributed by atoms with Crippen molar-refractivity contribution in [3.05, 3.63) is 11.3 Å². The van der Waals surface area contributed by atoms with E-state index in [-0.39, 0.29) is 29.6 Å². The van der Waals surface area contributed by atoms with Crippen LogP contribution in [0.15, 0.2) is 16.4 Å². The number of carbonyl (C=O) groups excluding carboxylic acids is 1. The first-order valence-electron chi connectivity index (χ1n) is 8.97. The van der Waals surface area contributed by atoms with Gasteiger partial charge in [-0.2, -0.15) is 5.26 Å². The third kappa shape index (κ3) is 4.16. The zero-order chi connectivity index (χ0) is 20.1. The van der Waals surface area contributed by atoms with Crippen LogP contribution in [-0.2, 0) is 16.1 Å². The number of tetrazole rings is 1. The van der Waals surface area contributed by atoms with Crippen molar-refractivity contribution in [1.82, 2.24) is 30.4 Å². The van der Waals surface area contributed by atoms with Gasteiger partial charge in [0.25, 0.3) is 0 Å². The van der Waals surface area contributed by atoms with Crippen LogP contribution in [0.25, 0.3) is 0 Å². The molecule has 0 saturated carbocycles. The molecule has 2 atom stereocenters. The minimum absolute atomic E-state index is 0.0208. The average Bonchev–Trinajstić information content (AvgIpc) is 3.12. The fourth-order valence-electron chi connectivity index (χ4n) is 3.10. The van der Waals surface area contributed by atoms with E-state index >= 15 is 0 Å². The van der Waals surface area contributed by atoms with Gasteiger partial charge in [0.2, 0.25) is 11.1 Å². The van der Waals surface area contributed by atoms with Crippen LogP contribution in [0.4, 0.5) is 0 Å². The van der Waals surface area contributed by atoms with Crippen LogP contribution in [0, 0.1) is 11.3 Å². The van der Waals surface area contributed by atoms with E-state index in [1.165, 1.54) is 21.3 Å². The number of carbonyl (C=O) groups is 2. The first kappa shape index (κ1) is 20.6. The minimum Gasteiger partial charge on any atom is -0.477 e. The topological polar surface area (TPSA) is 137 Å². The SMILES string of the molecule is CCCCCNC1C(=O)N2C(C(=O)O)=C(CSc3nnnn3CC#N)CS[C@@H]12. The van der Waals surface area contributed by atoms with E-state index in [0.29, 0.717) is 22.2 Å². The molecule has 0 spiro atoms. The number of aliphatic carboxylic acids is 1. The lowest BCUT2D eigenvalue weighted by Crippen LogP contribution is -2.70. The molecule has 3 heterocycles. The van der Waals surface area contributed by atoms with E-state index in [1.807, 2.05) is 6.07 Å². The highest BCUT2D eigenvalue weighted by atomic mass is 32.2. The molecule has 2 aliphatic rings. The van der Waals surface area contributed by atoms with Crippen LogP contribution in [-0.4, -0.2) is 71.6 Å². The van der Waals surface area contributed by atoms with E-state index in [9.17, 15) is 14.7 Å². The maximum Gasteiger partial charge on any atom is 0.352 e. The summed E-state index contributed by atoms with van der Waals surface area (Å²) in [6.45, 7) is 2.90. The first-order valence-corrected chi connectivity index (χ1v) is 11.0. The zero-order valence-corrected chi connectivity index (χ0v) is 17.0. The summed E-state index contributed by atoms with van der Waals surface area (Å²) in [5.74, 6) is -0.431. The number of carboxylic acids is 1. The minimum atomic E-state index is -1.10. The Morgan fingerprint density at radius 1 is 1.50 bits per heavy atom. The predicted molar refractivity (Wildman–Crippen MR) is 103 cm³/mol. The van der Waals surface area contributed by atoms with Gasteiger partial charge in [-0.15, -0.1) is 16.9 Å². The summed E-state index contributed by atoms with van der Waals surface area (Å²) in [5.41, 5.74) is 0.718. The molecule has 1 aromatic heterocycles. The van der Waals surface area contributed by atoms with E-state index < -0.39 is 5.97 Å². The van der Waals surface area contributed by atoms with Crippen LogP contribution >= 0.6 is 23.5 Å². The smallest absolute Gasteiger partial charge is 0.352 e. The molecule has 28 heavy (non-hydrogen) atoms. The molecule has 1 saturated heterocycles. The van der Waals surface area contributed by atoms with Crippen molar-refractivity contribution >= 4 is 35.4 Å². The Morgan fingerprint density at radius 3 is 3.04 bits per heavy atom. The predicted octanol–water partition coefficient (Wildman–Crippen LogP) is 0.691. The molecule has 10 nitrogen and oxygen atoms in total. The second kappa shape index (κ2) is 9.40. The van der Waals surface area contributed by atoms with Crippen molar-refractivity contribution in [1.29, 1.82) is 5.26 Å². The van der Waals surface area contributed by atoms with Crippen LogP contribution in [0.3, 0.4) is 0 Å². The lowest BCUT2D eigenvalue weighted by molar-refractivity contribution is -0.149. The highest BCUT2D eigenvalue weighted by molar-refractivity contribution is 8.01. The number of nitriles is 1. The van der Waals surface area contributed by atoms with Gasteiger partial charge >= 0.3 is 5.97 Å². The second-order valence-corrected chi connectivity index (χ2v) is 8.42. The monoisotopic (exact) mass is 423 g/mol.